The van der Waals surface area contributed by atoms with E-state index in [1.54, 1.807) is 41.7 Å². The lowest BCUT2D eigenvalue weighted by molar-refractivity contribution is -0.139. The standard InChI is InChI=1S/C35H46N6O5.ClH/c1-33(2,3)46-32(45)40-34(4,5)30(43)38-27(19-22-21-37-26-14-10-8-11-23(22)26)29(42)41-17-15-35(16-18-41)20-28(39-31(44)36-6)24-12-7-9-13-25(24)35;/h7-14,21,27-28,37H,15-20H2,1-6H3,(H,38,43)(H,40,45)(H2,36,39,44);1H/t27-,28?;/m1./s1. The Morgan fingerprint density at radius 3 is 2.34 bits per heavy atom. The van der Waals surface area contributed by atoms with Crippen LogP contribution in [0.2, 0.25) is 0 Å². The Kier molecular flexibility index (Phi) is 10.5. The van der Waals surface area contributed by atoms with Crippen LogP contribution in [0, 0.1) is 0 Å². The number of rotatable bonds is 7. The number of halogens is 1. The third kappa shape index (κ3) is 7.84. The number of H-pyrrole nitrogens is 1. The lowest BCUT2D eigenvalue weighted by atomic mass is 9.73. The van der Waals surface area contributed by atoms with Gasteiger partial charge >= 0.3 is 12.1 Å². The fourth-order valence-electron chi connectivity index (χ4n) is 6.78. The molecule has 1 fully saturated rings. The first-order chi connectivity index (χ1) is 21.7. The maximum Gasteiger partial charge on any atom is 0.408 e. The van der Waals surface area contributed by atoms with E-state index in [0.29, 0.717) is 13.1 Å². The van der Waals surface area contributed by atoms with Gasteiger partial charge in [0.15, 0.2) is 0 Å². The number of hydrogen-bond acceptors (Lipinski definition) is 5. The molecular weight excluding hydrogens is 620 g/mol. The summed E-state index contributed by atoms with van der Waals surface area (Å²) in [6.07, 6.45) is 3.68. The van der Waals surface area contributed by atoms with Gasteiger partial charge in [0, 0.05) is 49.1 Å². The lowest BCUT2D eigenvalue weighted by Gasteiger charge is -2.41. The first-order valence-electron chi connectivity index (χ1n) is 15.9. The van der Waals surface area contributed by atoms with Gasteiger partial charge in [0.2, 0.25) is 11.8 Å². The molecule has 254 valence electrons. The molecule has 1 aliphatic carbocycles. The van der Waals surface area contributed by atoms with Gasteiger partial charge < -0.3 is 35.9 Å². The minimum Gasteiger partial charge on any atom is -0.444 e. The maximum absolute atomic E-state index is 14.3. The van der Waals surface area contributed by atoms with Crippen LogP contribution < -0.4 is 21.3 Å². The van der Waals surface area contributed by atoms with Gasteiger partial charge in [-0.05, 0) is 76.6 Å². The van der Waals surface area contributed by atoms with Gasteiger partial charge in [-0.3, -0.25) is 9.59 Å². The number of aromatic amines is 1. The van der Waals surface area contributed by atoms with Crippen molar-refractivity contribution in [2.75, 3.05) is 20.1 Å². The molecule has 5 rings (SSSR count). The SMILES string of the molecule is CNC(=O)NC1CC2(CCN(C(=O)[C@@H](Cc3c[nH]c4ccccc34)NC(=O)C(C)(C)NC(=O)OC(C)(C)C)CC2)c2ccccc21.Cl. The van der Waals surface area contributed by atoms with Crippen molar-refractivity contribution < 1.29 is 23.9 Å². The average Bonchev–Trinajstić information content (AvgIpc) is 3.54. The molecule has 11 nitrogen and oxygen atoms in total. The summed E-state index contributed by atoms with van der Waals surface area (Å²) < 4.78 is 5.37. The number of urea groups is 1. The number of alkyl carbamates (subject to hydrolysis) is 1. The maximum atomic E-state index is 14.3. The van der Waals surface area contributed by atoms with E-state index in [2.05, 4.69) is 38.4 Å². The Bertz CT molecular complexity index is 1620. The number of ether oxygens (including phenoxy) is 1. The number of likely N-dealkylation sites (tertiary alicyclic amines) is 1. The molecule has 1 aliphatic heterocycles. The normalized spacial score (nSPS) is 17.7. The highest BCUT2D eigenvalue weighted by molar-refractivity contribution is 5.94. The van der Waals surface area contributed by atoms with E-state index in [0.717, 1.165) is 41.3 Å². The van der Waals surface area contributed by atoms with Crippen molar-refractivity contribution in [3.63, 3.8) is 0 Å². The summed E-state index contributed by atoms with van der Waals surface area (Å²) in [6, 6.07) is 14.9. The van der Waals surface area contributed by atoms with Gasteiger partial charge in [-0.25, -0.2) is 9.59 Å². The number of nitrogens with zero attached hydrogens (tertiary/aromatic N) is 1. The van der Waals surface area contributed by atoms with Gasteiger partial charge in [0.1, 0.15) is 17.2 Å². The summed E-state index contributed by atoms with van der Waals surface area (Å²) in [5, 5.41) is 12.3. The highest BCUT2D eigenvalue weighted by Gasteiger charge is 2.47. The van der Waals surface area contributed by atoms with E-state index in [9.17, 15) is 19.2 Å². The van der Waals surface area contributed by atoms with Crippen molar-refractivity contribution in [3.8, 4) is 0 Å². The number of benzene rings is 2. The zero-order valence-electron chi connectivity index (χ0n) is 28.0. The molecule has 2 atom stereocenters. The fourth-order valence-corrected chi connectivity index (χ4v) is 6.78. The first-order valence-corrected chi connectivity index (χ1v) is 15.9. The van der Waals surface area contributed by atoms with Gasteiger partial charge in [-0.2, -0.15) is 0 Å². The zero-order chi connectivity index (χ0) is 33.3. The van der Waals surface area contributed by atoms with Gasteiger partial charge in [0.25, 0.3) is 0 Å². The molecule has 2 aromatic carbocycles. The molecule has 0 radical (unpaired) electrons. The number of fused-ring (bicyclic) bond motifs is 3. The Balaban J connectivity index is 0.00000500. The molecule has 47 heavy (non-hydrogen) atoms. The van der Waals surface area contributed by atoms with E-state index in [4.69, 9.17) is 4.74 Å². The summed E-state index contributed by atoms with van der Waals surface area (Å²) >= 11 is 0. The monoisotopic (exact) mass is 666 g/mol. The molecule has 2 aliphatic rings. The summed E-state index contributed by atoms with van der Waals surface area (Å²) in [4.78, 5) is 57.8. The zero-order valence-corrected chi connectivity index (χ0v) is 28.8. The van der Waals surface area contributed by atoms with Crippen LogP contribution >= 0.6 is 12.4 Å². The molecule has 12 heteroatoms. The average molecular weight is 667 g/mol. The number of para-hydroxylation sites is 1. The summed E-state index contributed by atoms with van der Waals surface area (Å²) in [6.45, 7) is 9.46. The number of aromatic nitrogens is 1. The summed E-state index contributed by atoms with van der Waals surface area (Å²) in [5.41, 5.74) is 1.97. The molecule has 1 aromatic heterocycles. The van der Waals surface area contributed by atoms with Crippen molar-refractivity contribution in [2.24, 2.45) is 0 Å². The number of carbonyl (C=O) groups is 4. The van der Waals surface area contributed by atoms with Crippen LogP contribution in [0.15, 0.2) is 54.7 Å². The van der Waals surface area contributed by atoms with Crippen LogP contribution in [-0.4, -0.2) is 71.1 Å². The van der Waals surface area contributed by atoms with Crippen molar-refractivity contribution >= 4 is 47.2 Å². The molecule has 5 amide bonds. The van der Waals surface area contributed by atoms with Crippen molar-refractivity contribution in [3.05, 3.63) is 71.4 Å². The largest absolute Gasteiger partial charge is 0.444 e. The van der Waals surface area contributed by atoms with E-state index in [1.165, 1.54) is 5.56 Å². The van der Waals surface area contributed by atoms with E-state index in [1.807, 2.05) is 47.5 Å². The van der Waals surface area contributed by atoms with E-state index >= 15 is 0 Å². The van der Waals surface area contributed by atoms with Crippen LogP contribution in [0.1, 0.15) is 76.6 Å². The quantitative estimate of drug-likeness (QED) is 0.245. The second-order valence-corrected chi connectivity index (χ2v) is 14.0. The molecule has 1 saturated heterocycles. The molecule has 2 heterocycles. The first kappa shape index (κ1) is 35.6. The Morgan fingerprint density at radius 2 is 1.66 bits per heavy atom. The second-order valence-electron chi connectivity index (χ2n) is 14.0. The molecule has 0 saturated carbocycles. The third-order valence-corrected chi connectivity index (χ3v) is 9.15. The van der Waals surface area contributed by atoms with Gasteiger partial charge in [0.05, 0.1) is 6.04 Å². The molecular formula is C35H47ClN6O5. The molecule has 1 spiro atoms. The predicted octanol–water partition coefficient (Wildman–Crippen LogP) is 4.85. The minimum atomic E-state index is -1.34. The third-order valence-electron chi connectivity index (χ3n) is 9.15. The predicted molar refractivity (Wildman–Crippen MR) is 184 cm³/mol. The highest BCUT2D eigenvalue weighted by Crippen LogP contribution is 2.50. The molecule has 1 unspecified atom stereocenters. The second kappa shape index (κ2) is 13.9. The fraction of sp³-hybridized carbons (Fsp3) is 0.486. The van der Waals surface area contributed by atoms with Gasteiger partial charge in [-0.15, -0.1) is 12.4 Å². The highest BCUT2D eigenvalue weighted by atomic mass is 35.5. The number of amides is 5. The Hall–Kier alpha value is -4.25. The van der Waals surface area contributed by atoms with Crippen molar-refractivity contribution in [1.82, 2.24) is 31.2 Å². The van der Waals surface area contributed by atoms with Crippen molar-refractivity contribution in [1.29, 1.82) is 0 Å². The Labute approximate surface area is 282 Å². The topological polar surface area (TPSA) is 145 Å². The summed E-state index contributed by atoms with van der Waals surface area (Å²) in [5.74, 6) is -0.661. The molecule has 0 bridgehead atoms. The van der Waals surface area contributed by atoms with Crippen LogP contribution in [0.3, 0.4) is 0 Å². The van der Waals surface area contributed by atoms with Crippen LogP contribution in [0.25, 0.3) is 10.9 Å². The number of carbonyl (C=O) groups excluding carboxylic acids is 4. The Morgan fingerprint density at radius 1 is 1.00 bits per heavy atom. The van der Waals surface area contributed by atoms with Crippen LogP contribution in [0.5, 0.6) is 0 Å². The smallest absolute Gasteiger partial charge is 0.408 e. The lowest BCUT2D eigenvalue weighted by Crippen LogP contribution is -2.60. The molecule has 3 aromatic rings. The molecule has 5 N–H and O–H groups in total. The van der Waals surface area contributed by atoms with E-state index in [-0.39, 0.29) is 42.2 Å². The number of piperidine rings is 1. The van der Waals surface area contributed by atoms with Crippen molar-refractivity contribution in [2.45, 2.75) is 88.9 Å². The minimum absolute atomic E-state index is 0. The summed E-state index contributed by atoms with van der Waals surface area (Å²) in [7, 11) is 1.61. The number of nitrogens with one attached hydrogen (secondary N) is 5. The van der Waals surface area contributed by atoms with Gasteiger partial charge in [-0.1, -0.05) is 42.5 Å². The van der Waals surface area contributed by atoms with E-state index < -0.39 is 29.2 Å². The number of hydrogen-bond donors (Lipinski definition) is 5. The van der Waals surface area contributed by atoms with Crippen LogP contribution in [0.4, 0.5) is 9.59 Å². The van der Waals surface area contributed by atoms with Crippen LogP contribution in [-0.2, 0) is 26.2 Å².